The molecule has 2 aromatic rings. The van der Waals surface area contributed by atoms with Gasteiger partial charge >= 0.3 is 0 Å². The van der Waals surface area contributed by atoms with Crippen LogP contribution in [0.3, 0.4) is 0 Å². The highest BCUT2D eigenvalue weighted by molar-refractivity contribution is 7.96. The number of benzene rings is 1. The number of anilines is 1. The third kappa shape index (κ3) is 5.14. The number of nitrogens with two attached hydrogens (primary N) is 1. The topological polar surface area (TPSA) is 128 Å². The highest BCUT2D eigenvalue weighted by Gasteiger charge is 2.38. The zero-order valence-corrected chi connectivity index (χ0v) is 21.2. The average molecular weight is 538 g/mol. The standard InChI is InChI=1S/C19H23N3O7S3.ClH/c1-27-16-9-14(10-17(11-16)28-2)22-15(12-21-3-5-29-6-4-21)7-13-8-18(31(20,23)24)30-19(13)32(22,25)26;/h7-11H,3-6,12H2,1-2H3,(H2,20,23,24);1H. The molecule has 0 bridgehead atoms. The number of sulfonamides is 2. The molecular formula is C19H24ClN3O7S3. The van der Waals surface area contributed by atoms with Gasteiger partial charge in [0.25, 0.3) is 10.0 Å². The Hall–Kier alpha value is -1.87. The Morgan fingerprint density at radius 1 is 1.09 bits per heavy atom. The summed E-state index contributed by atoms with van der Waals surface area (Å²) in [5, 5.41) is 5.26. The quantitative estimate of drug-likeness (QED) is 0.589. The van der Waals surface area contributed by atoms with Crippen molar-refractivity contribution in [2.75, 3.05) is 51.4 Å². The van der Waals surface area contributed by atoms with Crippen LogP contribution >= 0.6 is 23.7 Å². The van der Waals surface area contributed by atoms with Gasteiger partial charge in [-0.2, -0.15) is 8.42 Å². The summed E-state index contributed by atoms with van der Waals surface area (Å²) >= 11 is 0.632. The van der Waals surface area contributed by atoms with E-state index in [1.807, 2.05) is 0 Å². The van der Waals surface area contributed by atoms with Crippen molar-refractivity contribution >= 4 is 55.6 Å². The Balaban J connectivity index is 0.00000306. The number of nitrogens with zero attached hydrogens (tertiary/aromatic N) is 2. The second-order valence-electron chi connectivity index (χ2n) is 7.22. The molecule has 0 atom stereocenters. The molecule has 14 heteroatoms. The second-order valence-corrected chi connectivity index (χ2v) is 12.0. The molecule has 0 radical (unpaired) electrons. The third-order valence-electron chi connectivity index (χ3n) is 5.10. The van der Waals surface area contributed by atoms with Gasteiger partial charge in [-0.3, -0.25) is 4.90 Å². The molecule has 0 unspecified atom stereocenters. The van der Waals surface area contributed by atoms with Crippen LogP contribution in [0.25, 0.3) is 6.08 Å². The van der Waals surface area contributed by atoms with Crippen molar-refractivity contribution in [1.29, 1.82) is 0 Å². The monoisotopic (exact) mass is 537 g/mol. The van der Waals surface area contributed by atoms with Gasteiger partial charge in [0.1, 0.15) is 19.9 Å². The fourth-order valence-corrected chi connectivity index (χ4v) is 7.66. The maximum Gasteiger partial charge on any atom is 0.278 e. The number of ether oxygens (including phenoxy) is 3. The highest BCUT2D eigenvalue weighted by Crippen LogP contribution is 2.42. The van der Waals surface area contributed by atoms with E-state index in [1.54, 1.807) is 24.3 Å². The molecule has 2 N–H and O–H groups in total. The Bertz CT molecular complexity index is 1250. The maximum atomic E-state index is 13.7. The van der Waals surface area contributed by atoms with Gasteiger partial charge in [-0.15, -0.1) is 23.7 Å². The molecule has 2 aliphatic rings. The van der Waals surface area contributed by atoms with Gasteiger partial charge < -0.3 is 14.2 Å². The van der Waals surface area contributed by atoms with Crippen LogP contribution in [0.4, 0.5) is 5.69 Å². The van der Waals surface area contributed by atoms with E-state index < -0.39 is 20.0 Å². The van der Waals surface area contributed by atoms with Crippen LogP contribution in [-0.4, -0.2) is 68.8 Å². The number of morpholine rings is 1. The smallest absolute Gasteiger partial charge is 0.278 e. The van der Waals surface area contributed by atoms with Crippen molar-refractivity contribution in [1.82, 2.24) is 4.90 Å². The van der Waals surface area contributed by atoms with Crippen molar-refractivity contribution in [3.8, 4) is 11.5 Å². The van der Waals surface area contributed by atoms with E-state index in [-0.39, 0.29) is 20.8 Å². The summed E-state index contributed by atoms with van der Waals surface area (Å²) in [5.41, 5.74) is 1.08. The second kappa shape index (κ2) is 9.78. The molecule has 1 saturated heterocycles. The van der Waals surface area contributed by atoms with E-state index in [0.29, 0.717) is 72.6 Å². The normalized spacial score (nSPS) is 18.2. The number of primary sulfonamides is 1. The number of hydrogen-bond acceptors (Lipinski definition) is 9. The van der Waals surface area contributed by atoms with Crippen molar-refractivity contribution < 1.29 is 31.0 Å². The van der Waals surface area contributed by atoms with Crippen LogP contribution in [0.5, 0.6) is 11.5 Å². The van der Waals surface area contributed by atoms with Crippen molar-refractivity contribution in [2.45, 2.75) is 8.42 Å². The number of thiophene rings is 1. The van der Waals surface area contributed by atoms with Gasteiger partial charge in [0.05, 0.1) is 33.1 Å². The Morgan fingerprint density at radius 3 is 2.24 bits per heavy atom. The van der Waals surface area contributed by atoms with E-state index in [1.165, 1.54) is 24.6 Å². The highest BCUT2D eigenvalue weighted by atomic mass is 35.5. The first-order chi connectivity index (χ1) is 15.1. The number of fused-ring (bicyclic) bond motifs is 1. The molecule has 0 amide bonds. The lowest BCUT2D eigenvalue weighted by Crippen LogP contribution is -2.42. The van der Waals surface area contributed by atoms with Crippen LogP contribution in [0.2, 0.25) is 0 Å². The number of halogens is 1. The van der Waals surface area contributed by atoms with Gasteiger partial charge in [0.15, 0.2) is 0 Å². The van der Waals surface area contributed by atoms with Crippen LogP contribution in [-0.2, 0) is 24.8 Å². The molecule has 1 fully saturated rings. The molecule has 3 heterocycles. The van der Waals surface area contributed by atoms with Gasteiger partial charge in [-0.1, -0.05) is 0 Å². The molecule has 1 aromatic heterocycles. The van der Waals surface area contributed by atoms with E-state index >= 15 is 0 Å². The van der Waals surface area contributed by atoms with Crippen molar-refractivity contribution in [3.05, 3.63) is 35.5 Å². The predicted octanol–water partition coefficient (Wildman–Crippen LogP) is 1.72. The van der Waals surface area contributed by atoms with Crippen molar-refractivity contribution in [3.63, 3.8) is 0 Å². The number of rotatable bonds is 6. The largest absolute Gasteiger partial charge is 0.497 e. The van der Waals surface area contributed by atoms with E-state index in [9.17, 15) is 16.8 Å². The lowest BCUT2D eigenvalue weighted by molar-refractivity contribution is 0.0423. The molecule has 2 aliphatic heterocycles. The minimum Gasteiger partial charge on any atom is -0.497 e. The summed E-state index contributed by atoms with van der Waals surface area (Å²) in [6.45, 7) is 2.71. The molecule has 4 rings (SSSR count). The van der Waals surface area contributed by atoms with Gasteiger partial charge in [0.2, 0.25) is 10.0 Å². The first kappa shape index (κ1) is 25.7. The average Bonchev–Trinajstić information content (AvgIpc) is 3.20. The molecule has 0 spiro atoms. The van der Waals surface area contributed by atoms with E-state index in [2.05, 4.69) is 4.90 Å². The Kier molecular flexibility index (Phi) is 7.63. The minimum absolute atomic E-state index is 0. The molecule has 0 aliphatic carbocycles. The molecule has 10 nitrogen and oxygen atoms in total. The van der Waals surface area contributed by atoms with Crippen LogP contribution in [0.15, 0.2) is 38.4 Å². The molecule has 0 saturated carbocycles. The molecule has 33 heavy (non-hydrogen) atoms. The first-order valence-electron chi connectivity index (χ1n) is 9.59. The number of hydrogen-bond donors (Lipinski definition) is 1. The summed E-state index contributed by atoms with van der Waals surface area (Å²) < 4.78 is 68.2. The fourth-order valence-electron chi connectivity index (χ4n) is 3.60. The van der Waals surface area contributed by atoms with E-state index in [4.69, 9.17) is 19.3 Å². The number of methoxy groups -OCH3 is 2. The van der Waals surface area contributed by atoms with Gasteiger partial charge in [-0.05, 0) is 12.1 Å². The molecule has 1 aromatic carbocycles. The summed E-state index contributed by atoms with van der Waals surface area (Å²) in [6.07, 6.45) is 1.68. The third-order valence-corrected chi connectivity index (χ3v) is 9.98. The van der Waals surface area contributed by atoms with Crippen molar-refractivity contribution in [2.24, 2.45) is 5.14 Å². The Morgan fingerprint density at radius 2 is 1.70 bits per heavy atom. The minimum atomic E-state index is -4.13. The lowest BCUT2D eigenvalue weighted by atomic mass is 10.2. The summed E-state index contributed by atoms with van der Waals surface area (Å²) in [4.78, 5) is 2.08. The lowest BCUT2D eigenvalue weighted by Gasteiger charge is -2.34. The predicted molar refractivity (Wildman–Crippen MR) is 127 cm³/mol. The zero-order chi connectivity index (χ0) is 23.1. The van der Waals surface area contributed by atoms with Crippen LogP contribution < -0.4 is 18.9 Å². The molecular weight excluding hydrogens is 514 g/mol. The summed E-state index contributed by atoms with van der Waals surface area (Å²) in [5.74, 6) is 0.838. The first-order valence-corrected chi connectivity index (χ1v) is 13.4. The fraction of sp³-hybridized carbons (Fsp3) is 0.368. The van der Waals surface area contributed by atoms with Crippen LogP contribution in [0, 0.1) is 0 Å². The summed E-state index contributed by atoms with van der Waals surface area (Å²) in [6, 6.07) is 6.12. The van der Waals surface area contributed by atoms with E-state index in [0.717, 1.165) is 0 Å². The molecule has 182 valence electrons. The Labute approximate surface area is 203 Å². The van der Waals surface area contributed by atoms with Gasteiger partial charge in [-0.25, -0.2) is 17.9 Å². The zero-order valence-electron chi connectivity index (χ0n) is 17.9. The maximum absolute atomic E-state index is 13.7. The van der Waals surface area contributed by atoms with Gasteiger partial charge in [0, 0.05) is 49.1 Å². The van der Waals surface area contributed by atoms with Crippen LogP contribution in [0.1, 0.15) is 5.56 Å². The summed E-state index contributed by atoms with van der Waals surface area (Å²) in [7, 11) is -5.24. The SMILES string of the molecule is COc1cc(OC)cc(N2C(CN3CCOCC3)=Cc3cc(S(N)(=O)=O)sc3S2(=O)=O)c1.Cl.